The molecule has 1 fully saturated rings. The SMILES string of the molecule is CN1CCC(N2Cc3cc4cc(-c5c(NC[C@@H](O)COc6cc(F)ccc6Br)cc[nH]c5=O)[nH]c4cc3C2=O)CC1. The summed E-state index contributed by atoms with van der Waals surface area (Å²) in [6, 6.07) is 11.9. The Hall–Kier alpha value is -3.67. The van der Waals surface area contributed by atoms with Crippen LogP contribution in [0.15, 0.2) is 57.9 Å². The number of carbonyl (C=O) groups excluding carboxylic acids is 1. The van der Waals surface area contributed by atoms with Gasteiger partial charge in [0.1, 0.15) is 24.3 Å². The van der Waals surface area contributed by atoms with E-state index < -0.39 is 11.9 Å². The van der Waals surface area contributed by atoms with Crippen LogP contribution in [0.2, 0.25) is 0 Å². The van der Waals surface area contributed by atoms with Crippen molar-refractivity contribution >= 4 is 38.4 Å². The van der Waals surface area contributed by atoms with Gasteiger partial charge in [0.2, 0.25) is 0 Å². The highest BCUT2D eigenvalue weighted by Gasteiger charge is 2.34. The number of halogens is 2. The molecule has 0 unspecified atom stereocenters. The van der Waals surface area contributed by atoms with Gasteiger partial charge in [-0.1, -0.05) is 0 Å². The molecule has 214 valence electrons. The van der Waals surface area contributed by atoms with Crippen LogP contribution in [0, 0.1) is 5.82 Å². The molecule has 1 atom stereocenters. The van der Waals surface area contributed by atoms with Crippen molar-refractivity contribution in [3.63, 3.8) is 0 Å². The van der Waals surface area contributed by atoms with E-state index in [1.165, 1.54) is 24.4 Å². The first-order chi connectivity index (χ1) is 19.8. The summed E-state index contributed by atoms with van der Waals surface area (Å²) in [6.45, 7) is 2.61. The first-order valence-corrected chi connectivity index (χ1v) is 14.4. The fourth-order valence-corrected chi connectivity index (χ4v) is 6.02. The van der Waals surface area contributed by atoms with Crippen LogP contribution >= 0.6 is 15.9 Å². The molecule has 2 aliphatic rings. The molecule has 0 saturated carbocycles. The number of nitrogens with one attached hydrogen (secondary N) is 3. The molecule has 6 rings (SSSR count). The summed E-state index contributed by atoms with van der Waals surface area (Å²) in [5.41, 5.74) is 3.71. The number of benzene rings is 2. The van der Waals surface area contributed by atoms with Crippen LogP contribution in [0.4, 0.5) is 10.1 Å². The monoisotopic (exact) mass is 623 g/mol. The van der Waals surface area contributed by atoms with E-state index in [0.717, 1.165) is 42.4 Å². The Labute approximate surface area is 244 Å². The van der Waals surface area contributed by atoms with Gasteiger partial charge in [-0.25, -0.2) is 4.39 Å². The van der Waals surface area contributed by atoms with Crippen LogP contribution in [-0.4, -0.2) is 76.2 Å². The highest BCUT2D eigenvalue weighted by molar-refractivity contribution is 9.10. The second-order valence-electron chi connectivity index (χ2n) is 10.8. The molecule has 1 saturated heterocycles. The van der Waals surface area contributed by atoms with E-state index in [2.05, 4.69) is 43.2 Å². The number of likely N-dealkylation sites (tertiary alicyclic amines) is 1. The summed E-state index contributed by atoms with van der Waals surface area (Å²) in [5, 5.41) is 14.5. The highest BCUT2D eigenvalue weighted by atomic mass is 79.9. The number of aromatic amines is 2. The van der Waals surface area contributed by atoms with E-state index in [0.29, 0.717) is 39.3 Å². The number of piperidine rings is 1. The molecule has 4 heterocycles. The molecule has 9 nitrogen and oxygen atoms in total. The van der Waals surface area contributed by atoms with Gasteiger partial charge in [0, 0.05) is 47.9 Å². The van der Waals surface area contributed by atoms with Gasteiger partial charge in [-0.15, -0.1) is 0 Å². The molecule has 4 aromatic rings. The lowest BCUT2D eigenvalue weighted by atomic mass is 10.0. The van der Waals surface area contributed by atoms with Gasteiger partial charge in [0.25, 0.3) is 11.5 Å². The second-order valence-corrected chi connectivity index (χ2v) is 11.6. The first-order valence-electron chi connectivity index (χ1n) is 13.6. The summed E-state index contributed by atoms with van der Waals surface area (Å²) in [5.74, 6) is -0.0840. The van der Waals surface area contributed by atoms with Crippen molar-refractivity contribution in [2.75, 3.05) is 38.6 Å². The van der Waals surface area contributed by atoms with Crippen LogP contribution in [0.25, 0.3) is 22.2 Å². The number of ether oxygens (including phenoxy) is 1. The fraction of sp³-hybridized carbons (Fsp3) is 0.333. The largest absolute Gasteiger partial charge is 0.490 e. The second kappa shape index (κ2) is 11.3. The molecule has 41 heavy (non-hydrogen) atoms. The zero-order valence-corrected chi connectivity index (χ0v) is 24.1. The molecule has 1 amide bonds. The number of hydrogen-bond acceptors (Lipinski definition) is 6. The van der Waals surface area contributed by atoms with Gasteiger partial charge in [0.05, 0.1) is 21.4 Å². The third-order valence-corrected chi connectivity index (χ3v) is 8.54. The molecule has 2 aromatic carbocycles. The highest BCUT2D eigenvalue weighted by Crippen LogP contribution is 2.34. The maximum atomic E-state index is 13.5. The average molecular weight is 625 g/mol. The van der Waals surface area contributed by atoms with Crippen molar-refractivity contribution < 1.29 is 19.0 Å². The summed E-state index contributed by atoms with van der Waals surface area (Å²) < 4.78 is 19.7. The zero-order valence-electron chi connectivity index (χ0n) is 22.5. The van der Waals surface area contributed by atoms with E-state index in [9.17, 15) is 19.1 Å². The number of nitrogens with zero attached hydrogens (tertiary/aromatic N) is 2. The van der Waals surface area contributed by atoms with Crippen molar-refractivity contribution in [1.82, 2.24) is 19.8 Å². The third kappa shape index (κ3) is 5.61. The Morgan fingerprint density at radius 2 is 1.98 bits per heavy atom. The lowest BCUT2D eigenvalue weighted by molar-refractivity contribution is 0.0617. The normalized spacial score (nSPS) is 16.8. The lowest BCUT2D eigenvalue weighted by Crippen LogP contribution is -2.43. The summed E-state index contributed by atoms with van der Waals surface area (Å²) >= 11 is 3.30. The minimum Gasteiger partial charge on any atom is -0.490 e. The lowest BCUT2D eigenvalue weighted by Gasteiger charge is -2.34. The van der Waals surface area contributed by atoms with Gasteiger partial charge >= 0.3 is 0 Å². The summed E-state index contributed by atoms with van der Waals surface area (Å²) in [7, 11) is 2.11. The van der Waals surface area contributed by atoms with E-state index >= 15 is 0 Å². The molecule has 0 aliphatic carbocycles. The van der Waals surface area contributed by atoms with Gasteiger partial charge in [0.15, 0.2) is 0 Å². The molecule has 0 spiro atoms. The van der Waals surface area contributed by atoms with Gasteiger partial charge in [-0.2, -0.15) is 0 Å². The molecule has 0 radical (unpaired) electrons. The first kappa shape index (κ1) is 27.5. The zero-order chi connectivity index (χ0) is 28.7. The molecule has 2 aliphatic heterocycles. The minimum absolute atomic E-state index is 0.0639. The number of pyridine rings is 1. The molecule has 0 bridgehead atoms. The van der Waals surface area contributed by atoms with Gasteiger partial charge in [-0.3, -0.25) is 9.59 Å². The number of rotatable bonds is 8. The van der Waals surface area contributed by atoms with Crippen molar-refractivity contribution in [3.05, 3.63) is 80.4 Å². The van der Waals surface area contributed by atoms with Crippen molar-refractivity contribution in [2.24, 2.45) is 0 Å². The number of aliphatic hydroxyl groups is 1. The van der Waals surface area contributed by atoms with E-state index in [-0.39, 0.29) is 30.7 Å². The Morgan fingerprint density at radius 3 is 2.78 bits per heavy atom. The Morgan fingerprint density at radius 1 is 1.17 bits per heavy atom. The Kier molecular flexibility index (Phi) is 7.58. The summed E-state index contributed by atoms with van der Waals surface area (Å²) in [6.07, 6.45) is 2.57. The van der Waals surface area contributed by atoms with Crippen molar-refractivity contribution in [3.8, 4) is 17.0 Å². The van der Waals surface area contributed by atoms with E-state index in [1.54, 1.807) is 6.07 Å². The number of aromatic nitrogens is 2. The smallest absolute Gasteiger partial charge is 0.259 e. The quantitative estimate of drug-likeness (QED) is 0.232. The van der Waals surface area contributed by atoms with Crippen LogP contribution < -0.4 is 15.6 Å². The Balaban J connectivity index is 1.18. The number of aliphatic hydroxyl groups excluding tert-OH is 1. The average Bonchev–Trinajstić information content (AvgIpc) is 3.51. The Bertz CT molecular complexity index is 1660. The number of carbonyl (C=O) groups is 1. The predicted octanol–water partition coefficient (Wildman–Crippen LogP) is 4.33. The van der Waals surface area contributed by atoms with E-state index in [4.69, 9.17) is 4.74 Å². The van der Waals surface area contributed by atoms with Gasteiger partial charge < -0.3 is 34.9 Å². The van der Waals surface area contributed by atoms with Gasteiger partial charge in [-0.05, 0) is 90.9 Å². The number of amides is 1. The predicted molar refractivity (Wildman–Crippen MR) is 159 cm³/mol. The van der Waals surface area contributed by atoms with Crippen molar-refractivity contribution in [1.29, 1.82) is 0 Å². The number of anilines is 1. The summed E-state index contributed by atoms with van der Waals surface area (Å²) in [4.78, 5) is 36.6. The van der Waals surface area contributed by atoms with Crippen LogP contribution in [0.5, 0.6) is 5.75 Å². The van der Waals surface area contributed by atoms with E-state index in [1.807, 2.05) is 23.1 Å². The van der Waals surface area contributed by atoms with Crippen LogP contribution in [0.3, 0.4) is 0 Å². The fourth-order valence-electron chi connectivity index (χ4n) is 5.66. The molecule has 4 N–H and O–H groups in total. The number of H-pyrrole nitrogens is 2. The topological polar surface area (TPSA) is 114 Å². The molecular formula is C30H31BrFN5O4. The maximum absolute atomic E-state index is 13.5. The van der Waals surface area contributed by atoms with Crippen LogP contribution in [-0.2, 0) is 6.54 Å². The number of fused-ring (bicyclic) bond motifs is 2. The minimum atomic E-state index is -0.929. The van der Waals surface area contributed by atoms with Crippen LogP contribution in [0.1, 0.15) is 28.8 Å². The third-order valence-electron chi connectivity index (χ3n) is 7.89. The standard InChI is InChI=1S/C30H31BrFN5O4/c1-36-8-5-20(6-9-36)37-15-18-10-17-11-26(35-25(17)13-22(18)30(37)40)28-24(4-7-33-29(28)39)34-14-21(38)16-41-27-12-19(32)2-3-23(27)31/h2-4,7,10-13,20-21,35,38H,5-6,8-9,14-16H2,1H3,(H2,33,34,39)/t21-/m1/s1. The maximum Gasteiger partial charge on any atom is 0.259 e. The number of hydrogen-bond donors (Lipinski definition) is 4. The molecule has 2 aromatic heterocycles. The molecule has 11 heteroatoms. The van der Waals surface area contributed by atoms with Crippen molar-refractivity contribution in [2.45, 2.75) is 31.5 Å². The molecular weight excluding hydrogens is 593 g/mol.